The first-order valence-electron chi connectivity index (χ1n) is 10.9. The number of nitrogens with two attached hydrogens (primary N) is 1. The van der Waals surface area contributed by atoms with Gasteiger partial charge in [0.05, 0.1) is 11.7 Å². The molecule has 0 atom stereocenters. The highest BCUT2D eigenvalue weighted by atomic mass is 19.4. The zero-order valence-corrected chi connectivity index (χ0v) is 19.0. The van der Waals surface area contributed by atoms with E-state index >= 15 is 0 Å². The molecule has 0 bridgehead atoms. The van der Waals surface area contributed by atoms with Crippen LogP contribution in [-0.4, -0.2) is 44.3 Å². The molecular formula is C22H24F3N7O3. The molecule has 0 saturated heterocycles. The maximum absolute atomic E-state index is 12.7. The molecule has 186 valence electrons. The monoisotopic (exact) mass is 491 g/mol. The summed E-state index contributed by atoms with van der Waals surface area (Å²) in [5, 5.41) is 9.01. The van der Waals surface area contributed by atoms with E-state index in [1.54, 1.807) is 10.9 Å². The van der Waals surface area contributed by atoms with Crippen LogP contribution in [0, 0.1) is 11.8 Å². The fourth-order valence-electron chi connectivity index (χ4n) is 3.79. The number of pyridine rings is 1. The van der Waals surface area contributed by atoms with Gasteiger partial charge >= 0.3 is 6.18 Å². The third-order valence-corrected chi connectivity index (χ3v) is 5.89. The van der Waals surface area contributed by atoms with Gasteiger partial charge < -0.3 is 20.8 Å². The molecule has 3 heterocycles. The summed E-state index contributed by atoms with van der Waals surface area (Å²) in [6.45, 7) is 3.06. The van der Waals surface area contributed by atoms with Crippen molar-refractivity contribution in [3.8, 4) is 11.5 Å². The Bertz CT molecular complexity index is 1230. The summed E-state index contributed by atoms with van der Waals surface area (Å²) in [5.41, 5.74) is 5.75. The number of carbonyl (C=O) groups excluding carboxylic acids is 2. The molecular weight excluding hydrogens is 467 g/mol. The van der Waals surface area contributed by atoms with Crippen molar-refractivity contribution in [1.29, 1.82) is 0 Å². The molecule has 0 spiro atoms. The van der Waals surface area contributed by atoms with Crippen LogP contribution in [0.15, 0.2) is 35.2 Å². The summed E-state index contributed by atoms with van der Waals surface area (Å²) in [5.74, 6) is -0.346. The van der Waals surface area contributed by atoms with Gasteiger partial charge in [0.25, 0.3) is 11.8 Å². The lowest BCUT2D eigenvalue weighted by Gasteiger charge is -2.38. The number of carbonyl (C=O) groups is 2. The van der Waals surface area contributed by atoms with Gasteiger partial charge in [0.15, 0.2) is 11.4 Å². The van der Waals surface area contributed by atoms with Crippen LogP contribution in [0.5, 0.6) is 0 Å². The van der Waals surface area contributed by atoms with Crippen molar-refractivity contribution in [3.05, 3.63) is 42.2 Å². The van der Waals surface area contributed by atoms with Crippen LogP contribution in [0.3, 0.4) is 0 Å². The van der Waals surface area contributed by atoms with Gasteiger partial charge in [-0.25, -0.2) is 9.97 Å². The molecule has 0 aliphatic heterocycles. The van der Waals surface area contributed by atoms with Crippen LogP contribution in [0.25, 0.3) is 11.5 Å². The average molecular weight is 491 g/mol. The maximum atomic E-state index is 12.7. The molecule has 35 heavy (non-hydrogen) atoms. The van der Waals surface area contributed by atoms with Crippen LogP contribution in [0.2, 0.25) is 0 Å². The van der Waals surface area contributed by atoms with Gasteiger partial charge in [0, 0.05) is 18.0 Å². The van der Waals surface area contributed by atoms with Crippen molar-refractivity contribution in [2.24, 2.45) is 17.6 Å². The molecule has 1 fully saturated rings. The molecule has 0 aromatic carbocycles. The summed E-state index contributed by atoms with van der Waals surface area (Å²) in [6.07, 6.45) is 1.39. The molecule has 2 amide bonds. The minimum Gasteiger partial charge on any atom is -0.444 e. The molecule has 13 heteroatoms. The first-order valence-corrected chi connectivity index (χ1v) is 10.9. The van der Waals surface area contributed by atoms with Crippen molar-refractivity contribution in [3.63, 3.8) is 0 Å². The maximum Gasteiger partial charge on any atom is 0.405 e. The lowest BCUT2D eigenvalue weighted by molar-refractivity contribution is -0.115. The number of nitrogens with one attached hydrogen (secondary N) is 2. The molecule has 1 saturated carbocycles. The second kappa shape index (κ2) is 9.39. The SMILES string of the molecule is CC(C)C1CC(n2cc(NC(=O)c3coc(-c4ccnc(NCC(F)(F)F)c4)n3)c(C(N)=O)n2)C1. The van der Waals surface area contributed by atoms with E-state index in [0.717, 1.165) is 19.1 Å². The minimum atomic E-state index is -4.40. The summed E-state index contributed by atoms with van der Waals surface area (Å²) in [7, 11) is 0. The third kappa shape index (κ3) is 5.61. The molecule has 10 nitrogen and oxygen atoms in total. The Labute approximate surface area is 198 Å². The molecule has 1 aliphatic rings. The van der Waals surface area contributed by atoms with E-state index in [1.807, 2.05) is 0 Å². The zero-order valence-electron chi connectivity index (χ0n) is 19.0. The van der Waals surface area contributed by atoms with Gasteiger partial charge in [-0.2, -0.15) is 18.3 Å². The number of alkyl halides is 3. The van der Waals surface area contributed by atoms with E-state index in [2.05, 4.69) is 39.5 Å². The predicted octanol–water partition coefficient (Wildman–Crippen LogP) is 3.87. The number of oxazole rings is 1. The van der Waals surface area contributed by atoms with Crippen LogP contribution in [-0.2, 0) is 0 Å². The number of amides is 2. The summed E-state index contributed by atoms with van der Waals surface area (Å²) >= 11 is 0. The first-order chi connectivity index (χ1) is 16.5. The van der Waals surface area contributed by atoms with Gasteiger partial charge in [-0.1, -0.05) is 13.8 Å². The Balaban J connectivity index is 1.46. The van der Waals surface area contributed by atoms with E-state index in [4.69, 9.17) is 10.2 Å². The molecule has 4 rings (SSSR count). The number of primary amides is 1. The molecule has 4 N–H and O–H groups in total. The van der Waals surface area contributed by atoms with Crippen molar-refractivity contribution < 1.29 is 27.2 Å². The van der Waals surface area contributed by atoms with Gasteiger partial charge in [-0.15, -0.1) is 0 Å². The Hall–Kier alpha value is -3.90. The molecule has 3 aromatic heterocycles. The average Bonchev–Trinajstić information content (AvgIpc) is 3.38. The van der Waals surface area contributed by atoms with Crippen LogP contribution in [0.4, 0.5) is 24.7 Å². The van der Waals surface area contributed by atoms with E-state index < -0.39 is 24.5 Å². The second-order valence-electron chi connectivity index (χ2n) is 8.76. The van der Waals surface area contributed by atoms with Crippen LogP contribution >= 0.6 is 0 Å². The highest BCUT2D eigenvalue weighted by molar-refractivity contribution is 6.07. The zero-order chi connectivity index (χ0) is 25.3. The predicted molar refractivity (Wildman–Crippen MR) is 120 cm³/mol. The van der Waals surface area contributed by atoms with Gasteiger partial charge in [0.2, 0.25) is 5.89 Å². The highest BCUT2D eigenvalue weighted by Gasteiger charge is 2.34. The van der Waals surface area contributed by atoms with Crippen molar-refractivity contribution in [2.45, 2.75) is 38.9 Å². The quantitative estimate of drug-likeness (QED) is 0.434. The summed E-state index contributed by atoms with van der Waals surface area (Å²) in [4.78, 5) is 32.5. The number of halogens is 3. The largest absolute Gasteiger partial charge is 0.444 e. The fraction of sp³-hybridized carbons (Fsp3) is 0.409. The first kappa shape index (κ1) is 24.2. The Kier molecular flexibility index (Phi) is 6.50. The second-order valence-corrected chi connectivity index (χ2v) is 8.76. The van der Waals surface area contributed by atoms with Crippen molar-refractivity contribution >= 4 is 23.3 Å². The van der Waals surface area contributed by atoms with E-state index in [0.29, 0.717) is 17.4 Å². The molecule has 0 radical (unpaired) electrons. The Morgan fingerprint density at radius 3 is 2.71 bits per heavy atom. The normalized spacial score (nSPS) is 17.8. The van der Waals surface area contributed by atoms with Gasteiger partial charge in [-0.3, -0.25) is 14.3 Å². The van der Waals surface area contributed by atoms with Crippen molar-refractivity contribution in [2.75, 3.05) is 17.2 Å². The summed E-state index contributed by atoms with van der Waals surface area (Å²) in [6, 6.07) is 2.92. The lowest BCUT2D eigenvalue weighted by atomic mass is 9.74. The minimum absolute atomic E-state index is 0.00706. The standard InChI is InChI=1S/C22H24F3N7O3/c1-11(2)13-5-14(6-13)32-8-15(18(31-32)19(26)33)29-20(34)16-9-35-21(30-16)12-3-4-27-17(7-12)28-10-22(23,24)25/h3-4,7-9,11,13-14H,5-6,10H2,1-2H3,(H2,26,33)(H,27,28)(H,29,34). The number of anilines is 2. The topological polar surface area (TPSA) is 141 Å². The lowest BCUT2D eigenvalue weighted by Crippen LogP contribution is -2.30. The number of hydrogen-bond acceptors (Lipinski definition) is 7. The van der Waals surface area contributed by atoms with E-state index in [1.165, 1.54) is 18.3 Å². The fourth-order valence-corrected chi connectivity index (χ4v) is 3.79. The van der Waals surface area contributed by atoms with Gasteiger partial charge in [-0.05, 0) is 36.8 Å². The van der Waals surface area contributed by atoms with Gasteiger partial charge in [0.1, 0.15) is 18.6 Å². The summed E-state index contributed by atoms with van der Waals surface area (Å²) < 4.78 is 44.3. The molecule has 1 aliphatic carbocycles. The Morgan fingerprint density at radius 2 is 2.06 bits per heavy atom. The number of rotatable bonds is 8. The molecule has 0 unspecified atom stereocenters. The third-order valence-electron chi connectivity index (χ3n) is 5.89. The highest BCUT2D eigenvalue weighted by Crippen LogP contribution is 2.42. The van der Waals surface area contributed by atoms with Crippen molar-refractivity contribution in [1.82, 2.24) is 19.7 Å². The van der Waals surface area contributed by atoms with Crippen LogP contribution in [0.1, 0.15) is 53.7 Å². The number of hydrogen-bond donors (Lipinski definition) is 3. The van der Waals surface area contributed by atoms with E-state index in [9.17, 15) is 22.8 Å². The number of aromatic nitrogens is 4. The van der Waals surface area contributed by atoms with E-state index in [-0.39, 0.29) is 34.8 Å². The molecule has 3 aromatic rings. The smallest absolute Gasteiger partial charge is 0.405 e. The van der Waals surface area contributed by atoms with Crippen LogP contribution < -0.4 is 16.4 Å². The number of nitrogens with zero attached hydrogens (tertiary/aromatic N) is 4. The Morgan fingerprint density at radius 1 is 1.31 bits per heavy atom.